The minimum absolute atomic E-state index is 0.0262. The molecule has 18 heavy (non-hydrogen) atoms. The highest BCUT2D eigenvalue weighted by Crippen LogP contribution is 2.31. The van der Waals surface area contributed by atoms with Crippen LogP contribution in [0.3, 0.4) is 0 Å². The maximum absolute atomic E-state index is 12.0. The molecule has 2 rings (SSSR count). The highest BCUT2D eigenvalue weighted by molar-refractivity contribution is 5.97. The molecule has 1 amide bonds. The summed E-state index contributed by atoms with van der Waals surface area (Å²) < 4.78 is 0. The second kappa shape index (κ2) is 4.73. The summed E-state index contributed by atoms with van der Waals surface area (Å²) in [6, 6.07) is 4.70. The molecule has 0 aliphatic carbocycles. The van der Waals surface area contributed by atoms with Crippen molar-refractivity contribution in [1.29, 1.82) is 0 Å². The van der Waals surface area contributed by atoms with E-state index in [-0.39, 0.29) is 11.6 Å². The lowest BCUT2D eigenvalue weighted by molar-refractivity contribution is -0.384. The Morgan fingerprint density at radius 1 is 1.50 bits per heavy atom. The number of rotatable bonds is 3. The molecule has 1 heterocycles. The van der Waals surface area contributed by atoms with Crippen LogP contribution in [0.15, 0.2) is 18.2 Å². The molecule has 0 bridgehead atoms. The Bertz CT molecular complexity index is 499. The molecule has 1 aromatic carbocycles. The van der Waals surface area contributed by atoms with E-state index in [0.717, 1.165) is 12.0 Å². The predicted octanol–water partition coefficient (Wildman–Crippen LogP) is 1.05. The number of fused-ring (bicyclic) bond motifs is 1. The van der Waals surface area contributed by atoms with Crippen molar-refractivity contribution >= 4 is 17.3 Å². The molecule has 1 aliphatic heterocycles. The third-order valence-electron chi connectivity index (χ3n) is 2.93. The van der Waals surface area contributed by atoms with E-state index in [1.807, 2.05) is 14.1 Å². The number of hydrogen-bond acceptors (Lipinski definition) is 4. The smallest absolute Gasteiger partial charge is 0.271 e. The minimum atomic E-state index is -0.437. The van der Waals surface area contributed by atoms with Crippen LogP contribution in [0.2, 0.25) is 0 Å². The zero-order chi connectivity index (χ0) is 13.3. The Labute approximate surface area is 105 Å². The van der Waals surface area contributed by atoms with Crippen LogP contribution >= 0.6 is 0 Å². The van der Waals surface area contributed by atoms with E-state index in [1.54, 1.807) is 15.9 Å². The normalized spacial score (nSPS) is 13.8. The van der Waals surface area contributed by atoms with Gasteiger partial charge in [-0.3, -0.25) is 14.9 Å². The molecule has 0 N–H and O–H groups in total. The summed E-state index contributed by atoms with van der Waals surface area (Å²) in [6.07, 6.45) is 0.756. The van der Waals surface area contributed by atoms with Crippen LogP contribution in [0.4, 0.5) is 11.4 Å². The predicted molar refractivity (Wildman–Crippen MR) is 67.7 cm³/mol. The largest absolute Gasteiger partial charge is 0.310 e. The van der Waals surface area contributed by atoms with Crippen molar-refractivity contribution in [2.24, 2.45) is 0 Å². The third kappa shape index (κ3) is 2.33. The number of non-ortho nitro benzene ring substituents is 1. The first-order valence-corrected chi connectivity index (χ1v) is 5.71. The Morgan fingerprint density at radius 2 is 2.22 bits per heavy atom. The molecular formula is C12H15N3O3. The van der Waals surface area contributed by atoms with Crippen molar-refractivity contribution in [3.05, 3.63) is 33.9 Å². The van der Waals surface area contributed by atoms with Crippen LogP contribution in [0.5, 0.6) is 0 Å². The van der Waals surface area contributed by atoms with Gasteiger partial charge in [-0.1, -0.05) is 6.07 Å². The van der Waals surface area contributed by atoms with Crippen molar-refractivity contribution in [3.63, 3.8) is 0 Å². The number of nitro groups is 1. The van der Waals surface area contributed by atoms with E-state index in [1.165, 1.54) is 12.1 Å². The maximum atomic E-state index is 12.0. The van der Waals surface area contributed by atoms with Gasteiger partial charge in [0.15, 0.2) is 0 Å². The van der Waals surface area contributed by atoms with E-state index in [4.69, 9.17) is 0 Å². The van der Waals surface area contributed by atoms with Crippen LogP contribution in [0, 0.1) is 10.1 Å². The number of amides is 1. The number of likely N-dealkylation sites (N-methyl/N-ethyl adjacent to an activating group) is 1. The van der Waals surface area contributed by atoms with E-state index >= 15 is 0 Å². The van der Waals surface area contributed by atoms with Gasteiger partial charge in [0.05, 0.1) is 17.2 Å². The first-order chi connectivity index (χ1) is 8.49. The van der Waals surface area contributed by atoms with Crippen LogP contribution in [0.1, 0.15) is 5.56 Å². The fraction of sp³-hybridized carbons (Fsp3) is 0.417. The quantitative estimate of drug-likeness (QED) is 0.593. The average Bonchev–Trinajstić information content (AvgIpc) is 2.70. The molecule has 1 aromatic rings. The first-order valence-electron chi connectivity index (χ1n) is 5.71. The maximum Gasteiger partial charge on any atom is 0.271 e. The first kappa shape index (κ1) is 12.5. The number of hydrogen-bond donors (Lipinski definition) is 0. The molecule has 0 fully saturated rings. The Hall–Kier alpha value is -1.95. The summed E-state index contributed by atoms with van der Waals surface area (Å²) in [5, 5.41) is 10.7. The Balaban J connectivity index is 2.28. The second-order valence-electron chi connectivity index (χ2n) is 4.60. The van der Waals surface area contributed by atoms with Crippen molar-refractivity contribution in [3.8, 4) is 0 Å². The van der Waals surface area contributed by atoms with E-state index in [9.17, 15) is 14.9 Å². The van der Waals surface area contributed by atoms with Gasteiger partial charge >= 0.3 is 0 Å². The summed E-state index contributed by atoms with van der Waals surface area (Å²) in [4.78, 5) is 25.7. The van der Waals surface area contributed by atoms with Crippen molar-refractivity contribution in [2.45, 2.75) is 6.42 Å². The zero-order valence-electron chi connectivity index (χ0n) is 10.4. The number of benzene rings is 1. The summed E-state index contributed by atoms with van der Waals surface area (Å²) >= 11 is 0. The summed E-state index contributed by atoms with van der Waals surface area (Å²) in [6.45, 7) is 0.908. The van der Waals surface area contributed by atoms with Crippen molar-refractivity contribution in [1.82, 2.24) is 4.90 Å². The molecule has 0 saturated carbocycles. The number of anilines is 1. The topological polar surface area (TPSA) is 66.7 Å². The summed E-state index contributed by atoms with van der Waals surface area (Å²) in [7, 11) is 3.64. The lowest BCUT2D eigenvalue weighted by Crippen LogP contribution is -2.36. The van der Waals surface area contributed by atoms with Gasteiger partial charge in [0.25, 0.3) is 5.69 Å². The zero-order valence-corrected chi connectivity index (χ0v) is 10.4. The van der Waals surface area contributed by atoms with E-state index < -0.39 is 4.92 Å². The number of nitrogens with zero attached hydrogens (tertiary/aromatic N) is 3. The number of nitro benzene ring substituents is 1. The average molecular weight is 249 g/mol. The van der Waals surface area contributed by atoms with Gasteiger partial charge in [-0.25, -0.2) is 0 Å². The van der Waals surface area contributed by atoms with Crippen LogP contribution in [-0.4, -0.2) is 42.9 Å². The highest BCUT2D eigenvalue weighted by atomic mass is 16.6. The van der Waals surface area contributed by atoms with E-state index in [0.29, 0.717) is 18.8 Å². The Morgan fingerprint density at radius 3 is 2.83 bits per heavy atom. The van der Waals surface area contributed by atoms with E-state index in [2.05, 4.69) is 0 Å². The van der Waals surface area contributed by atoms with Gasteiger partial charge in [-0.15, -0.1) is 0 Å². The Kier molecular flexibility index (Phi) is 3.29. The molecular weight excluding hydrogens is 234 g/mol. The van der Waals surface area contributed by atoms with Gasteiger partial charge in [-0.2, -0.15) is 0 Å². The van der Waals surface area contributed by atoms with Gasteiger partial charge in [0.1, 0.15) is 0 Å². The van der Waals surface area contributed by atoms with Crippen LogP contribution in [0.25, 0.3) is 0 Å². The SMILES string of the molecule is CN(C)CC(=O)N1CCc2ccc([N+](=O)[O-])cc21. The lowest BCUT2D eigenvalue weighted by Gasteiger charge is -2.19. The summed E-state index contributed by atoms with van der Waals surface area (Å²) in [5.74, 6) is -0.0285. The van der Waals surface area contributed by atoms with Crippen LogP contribution < -0.4 is 4.90 Å². The monoisotopic (exact) mass is 249 g/mol. The van der Waals surface area contributed by atoms with Gasteiger partial charge in [0, 0.05) is 18.7 Å². The third-order valence-corrected chi connectivity index (χ3v) is 2.93. The minimum Gasteiger partial charge on any atom is -0.310 e. The molecule has 0 radical (unpaired) electrons. The highest BCUT2D eigenvalue weighted by Gasteiger charge is 2.26. The van der Waals surface area contributed by atoms with Crippen LogP contribution in [-0.2, 0) is 11.2 Å². The van der Waals surface area contributed by atoms with Crippen molar-refractivity contribution < 1.29 is 9.72 Å². The molecule has 6 nitrogen and oxygen atoms in total. The fourth-order valence-electron chi connectivity index (χ4n) is 2.10. The molecule has 1 aliphatic rings. The molecule has 0 aromatic heterocycles. The van der Waals surface area contributed by atoms with Gasteiger partial charge in [0.2, 0.25) is 5.91 Å². The standard InChI is InChI=1S/C12H15N3O3/c1-13(2)8-12(16)14-6-5-9-3-4-10(15(17)18)7-11(9)14/h3-4,7H,5-6,8H2,1-2H3. The molecule has 0 unspecified atom stereocenters. The molecule has 96 valence electrons. The molecule has 6 heteroatoms. The fourth-order valence-corrected chi connectivity index (χ4v) is 2.10. The van der Waals surface area contributed by atoms with Gasteiger partial charge in [-0.05, 0) is 26.1 Å². The van der Waals surface area contributed by atoms with Crippen molar-refractivity contribution in [2.75, 3.05) is 32.1 Å². The molecule has 0 atom stereocenters. The second-order valence-corrected chi connectivity index (χ2v) is 4.60. The molecule has 0 saturated heterocycles. The summed E-state index contributed by atoms with van der Waals surface area (Å²) in [5.41, 5.74) is 1.70. The number of carbonyl (C=O) groups is 1. The lowest BCUT2D eigenvalue weighted by atomic mass is 10.1. The number of carbonyl (C=O) groups excluding carboxylic acids is 1. The molecule has 0 spiro atoms. The van der Waals surface area contributed by atoms with Gasteiger partial charge < -0.3 is 9.80 Å².